The predicted molar refractivity (Wildman–Crippen MR) is 135 cm³/mol. The van der Waals surface area contributed by atoms with Gasteiger partial charge in [0, 0.05) is 39.6 Å². The van der Waals surface area contributed by atoms with Crippen molar-refractivity contribution < 1.29 is 29.2 Å². The first-order valence-corrected chi connectivity index (χ1v) is 13.2. The second-order valence-electron chi connectivity index (χ2n) is 10.2. The molecule has 0 bridgehead atoms. The van der Waals surface area contributed by atoms with Crippen molar-refractivity contribution in [3.05, 3.63) is 47.5 Å². The summed E-state index contributed by atoms with van der Waals surface area (Å²) in [5.74, 6) is -0.362. The monoisotopic (exact) mass is 529 g/mol. The first-order valence-electron chi connectivity index (χ1n) is 11.7. The summed E-state index contributed by atoms with van der Waals surface area (Å²) >= 11 is 0. The Bertz CT molecular complexity index is 1280. The van der Waals surface area contributed by atoms with Gasteiger partial charge in [0.15, 0.2) is 0 Å². The Morgan fingerprint density at radius 2 is 1.94 bits per heavy atom. The fourth-order valence-electron chi connectivity index (χ4n) is 5.02. The summed E-state index contributed by atoms with van der Waals surface area (Å²) in [6.45, 7) is 6.90. The van der Waals surface area contributed by atoms with E-state index in [1.54, 1.807) is 0 Å². The van der Waals surface area contributed by atoms with Crippen LogP contribution in [0, 0.1) is 5.92 Å². The number of hydrogen-bond donors (Lipinski definition) is 2. The maximum Gasteiger partial charge on any atom is 0.416 e. The molecule has 2 aliphatic rings. The standard InChI is InChI=1S/C24H30F3N5O3S.2H2/c1-15-12-23(2,3)32(13-15)21-19(22(33)30-36(34,35)31-10-9-18(28)14-31)7-8-20(29-21)16-5-4-6-17(11-16)24(25,26)27;;/h4-8,11,15,18H,9-10,12-14,28H2,1-3H3,(H,30,33);2*1H/t15-,18+;;/m0../s1. The summed E-state index contributed by atoms with van der Waals surface area (Å²) in [6.07, 6.45) is -3.22. The van der Waals surface area contributed by atoms with Crippen molar-refractivity contribution >= 4 is 21.9 Å². The van der Waals surface area contributed by atoms with Gasteiger partial charge in [-0.3, -0.25) is 4.79 Å². The van der Waals surface area contributed by atoms with Gasteiger partial charge < -0.3 is 10.6 Å². The number of benzene rings is 1. The van der Waals surface area contributed by atoms with Crippen LogP contribution in [0.25, 0.3) is 11.3 Å². The number of aromatic nitrogens is 1. The Morgan fingerprint density at radius 3 is 2.53 bits per heavy atom. The molecule has 3 heterocycles. The number of amides is 1. The normalized spacial score (nSPS) is 22.7. The highest BCUT2D eigenvalue weighted by molar-refractivity contribution is 7.87. The Hall–Kier alpha value is -2.70. The van der Waals surface area contributed by atoms with Crippen LogP contribution in [0.1, 0.15) is 52.4 Å². The highest BCUT2D eigenvalue weighted by Crippen LogP contribution is 2.39. The molecule has 2 aliphatic heterocycles. The number of rotatable bonds is 5. The molecular formula is C24H34F3N5O3S. The maximum absolute atomic E-state index is 13.3. The number of carbonyl (C=O) groups is 1. The van der Waals surface area contributed by atoms with Crippen LogP contribution < -0.4 is 15.4 Å². The molecule has 0 radical (unpaired) electrons. The number of alkyl halides is 3. The third-order valence-corrected chi connectivity index (χ3v) is 8.14. The zero-order valence-corrected chi connectivity index (χ0v) is 21.2. The van der Waals surface area contributed by atoms with Crippen molar-refractivity contribution in [3.63, 3.8) is 0 Å². The van der Waals surface area contributed by atoms with Crippen LogP contribution in [0.4, 0.5) is 19.0 Å². The zero-order valence-electron chi connectivity index (χ0n) is 20.3. The molecule has 2 aromatic rings. The van der Waals surface area contributed by atoms with E-state index in [4.69, 9.17) is 5.73 Å². The largest absolute Gasteiger partial charge is 0.416 e. The lowest BCUT2D eigenvalue weighted by molar-refractivity contribution is -0.137. The van der Waals surface area contributed by atoms with Gasteiger partial charge in [-0.1, -0.05) is 19.1 Å². The van der Waals surface area contributed by atoms with Crippen molar-refractivity contribution in [1.29, 1.82) is 0 Å². The van der Waals surface area contributed by atoms with E-state index in [0.717, 1.165) is 22.9 Å². The van der Waals surface area contributed by atoms with E-state index in [1.807, 2.05) is 18.7 Å². The lowest BCUT2D eigenvalue weighted by Crippen LogP contribution is -2.44. The first-order chi connectivity index (χ1) is 16.7. The molecule has 2 fully saturated rings. The fourth-order valence-corrected chi connectivity index (χ4v) is 6.22. The second kappa shape index (κ2) is 9.31. The molecule has 2 atom stereocenters. The van der Waals surface area contributed by atoms with Crippen molar-refractivity contribution in [2.24, 2.45) is 11.7 Å². The minimum Gasteiger partial charge on any atom is -0.351 e. The average Bonchev–Trinajstić information content (AvgIpc) is 3.34. The minimum atomic E-state index is -4.52. The quantitative estimate of drug-likeness (QED) is 0.608. The van der Waals surface area contributed by atoms with Gasteiger partial charge in [0.1, 0.15) is 5.82 Å². The molecule has 36 heavy (non-hydrogen) atoms. The van der Waals surface area contributed by atoms with E-state index >= 15 is 0 Å². The van der Waals surface area contributed by atoms with Crippen LogP contribution in [0.15, 0.2) is 36.4 Å². The molecule has 3 N–H and O–H groups in total. The molecule has 0 aliphatic carbocycles. The van der Waals surface area contributed by atoms with E-state index in [2.05, 4.69) is 16.6 Å². The molecule has 0 saturated carbocycles. The molecule has 0 unspecified atom stereocenters. The molecule has 1 aromatic heterocycles. The van der Waals surface area contributed by atoms with E-state index in [-0.39, 0.29) is 50.5 Å². The van der Waals surface area contributed by atoms with Gasteiger partial charge in [0.05, 0.1) is 16.8 Å². The van der Waals surface area contributed by atoms with Crippen LogP contribution in [0.5, 0.6) is 0 Å². The number of hydrogen-bond acceptors (Lipinski definition) is 6. The number of nitrogens with zero attached hydrogens (tertiary/aromatic N) is 3. The minimum absolute atomic E-state index is 0. The molecule has 0 spiro atoms. The van der Waals surface area contributed by atoms with Crippen molar-refractivity contribution in [1.82, 2.24) is 14.0 Å². The summed E-state index contributed by atoms with van der Waals surface area (Å²) < 4.78 is 68.7. The average molecular weight is 530 g/mol. The van der Waals surface area contributed by atoms with Gasteiger partial charge in [0.25, 0.3) is 5.91 Å². The molecule has 8 nitrogen and oxygen atoms in total. The first kappa shape index (κ1) is 26.4. The number of nitrogens with two attached hydrogens (primary N) is 1. The van der Waals surface area contributed by atoms with Gasteiger partial charge in [-0.15, -0.1) is 0 Å². The summed E-state index contributed by atoms with van der Waals surface area (Å²) in [6, 6.07) is 7.34. The zero-order chi connectivity index (χ0) is 26.5. The topological polar surface area (TPSA) is 109 Å². The van der Waals surface area contributed by atoms with E-state index in [1.165, 1.54) is 24.3 Å². The summed E-state index contributed by atoms with van der Waals surface area (Å²) in [7, 11) is -4.12. The summed E-state index contributed by atoms with van der Waals surface area (Å²) in [4.78, 5) is 19.8. The van der Waals surface area contributed by atoms with Crippen LogP contribution in [-0.2, 0) is 16.4 Å². The predicted octanol–water partition coefficient (Wildman–Crippen LogP) is 3.89. The lowest BCUT2D eigenvalue weighted by atomic mass is 9.97. The third-order valence-electron chi connectivity index (χ3n) is 6.68. The van der Waals surface area contributed by atoms with Gasteiger partial charge in [0.2, 0.25) is 0 Å². The Kier molecular flexibility index (Phi) is 6.82. The number of halogens is 3. The van der Waals surface area contributed by atoms with Crippen molar-refractivity contribution in [3.8, 4) is 11.3 Å². The molecule has 200 valence electrons. The third kappa shape index (κ3) is 5.35. The van der Waals surface area contributed by atoms with Gasteiger partial charge in [-0.25, -0.2) is 9.71 Å². The van der Waals surface area contributed by atoms with Crippen molar-refractivity contribution in [2.45, 2.75) is 51.4 Å². The molecule has 12 heteroatoms. The van der Waals surface area contributed by atoms with Crippen LogP contribution in [0.3, 0.4) is 0 Å². The smallest absolute Gasteiger partial charge is 0.351 e. The van der Waals surface area contributed by atoms with E-state index in [0.29, 0.717) is 13.0 Å². The molecule has 1 amide bonds. The second-order valence-corrected chi connectivity index (χ2v) is 11.9. The Labute approximate surface area is 211 Å². The fraction of sp³-hybridized carbons (Fsp3) is 0.500. The Balaban J connectivity index is 0.00000253. The van der Waals surface area contributed by atoms with Crippen LogP contribution >= 0.6 is 0 Å². The maximum atomic E-state index is 13.3. The number of pyridine rings is 1. The van der Waals surface area contributed by atoms with Crippen LogP contribution in [0.2, 0.25) is 0 Å². The highest BCUT2D eigenvalue weighted by atomic mass is 32.2. The van der Waals surface area contributed by atoms with Crippen LogP contribution in [-0.4, -0.2) is 54.8 Å². The molecule has 2 saturated heterocycles. The number of carbonyl (C=O) groups excluding carboxylic acids is 1. The molecular weight excluding hydrogens is 495 g/mol. The van der Waals surface area contributed by atoms with Gasteiger partial charge in [-0.2, -0.15) is 25.9 Å². The summed E-state index contributed by atoms with van der Waals surface area (Å²) in [5, 5.41) is 0. The van der Waals surface area contributed by atoms with Crippen molar-refractivity contribution in [2.75, 3.05) is 24.5 Å². The Morgan fingerprint density at radius 1 is 1.22 bits per heavy atom. The molecule has 4 rings (SSSR count). The van der Waals surface area contributed by atoms with Gasteiger partial charge >= 0.3 is 16.4 Å². The number of anilines is 1. The van der Waals surface area contributed by atoms with Gasteiger partial charge in [-0.05, 0) is 56.9 Å². The number of nitrogens with one attached hydrogen (secondary N) is 1. The van der Waals surface area contributed by atoms with E-state index < -0.39 is 33.4 Å². The highest BCUT2D eigenvalue weighted by Gasteiger charge is 2.40. The van der Waals surface area contributed by atoms with E-state index in [9.17, 15) is 26.4 Å². The SMILES string of the molecule is C[C@@H]1CN(c2nc(-c3cccc(C(F)(F)F)c3)ccc2C(=O)NS(=O)(=O)N2CC[C@@H](N)C2)C(C)(C)C1.[HH].[HH]. The summed E-state index contributed by atoms with van der Waals surface area (Å²) in [5.41, 5.74) is 5.11. The molecule has 1 aromatic carbocycles. The lowest BCUT2D eigenvalue weighted by Gasteiger charge is -2.34.